The minimum Gasteiger partial charge on any atom is -0.398 e. The molecule has 2 aliphatic heterocycles. The van der Waals surface area contributed by atoms with Crippen LogP contribution in [0, 0.1) is 5.82 Å². The van der Waals surface area contributed by atoms with Crippen molar-refractivity contribution in [3.05, 3.63) is 29.6 Å². The summed E-state index contributed by atoms with van der Waals surface area (Å²) in [6.07, 6.45) is 3.97. The second-order valence-electron chi connectivity index (χ2n) is 6.27. The van der Waals surface area contributed by atoms with E-state index in [1.54, 1.807) is 12.1 Å². The largest absolute Gasteiger partial charge is 0.398 e. The van der Waals surface area contributed by atoms with Gasteiger partial charge in [0, 0.05) is 37.4 Å². The summed E-state index contributed by atoms with van der Waals surface area (Å²) in [5.41, 5.74) is 7.60. The molecule has 2 atom stereocenters. The van der Waals surface area contributed by atoms with Crippen molar-refractivity contribution in [1.29, 1.82) is 0 Å². The predicted molar refractivity (Wildman–Crippen MR) is 79.9 cm³/mol. The molecule has 4 heteroatoms. The number of halogens is 1. The number of piperidine rings is 1. The van der Waals surface area contributed by atoms with E-state index in [2.05, 4.69) is 16.7 Å². The summed E-state index contributed by atoms with van der Waals surface area (Å²) in [6.45, 7) is 6.47. The highest BCUT2D eigenvalue weighted by atomic mass is 19.1. The van der Waals surface area contributed by atoms with Crippen molar-refractivity contribution in [2.24, 2.45) is 0 Å². The number of hydrogen-bond acceptors (Lipinski definition) is 3. The molecule has 2 fully saturated rings. The molecule has 3 rings (SSSR count). The zero-order valence-electron chi connectivity index (χ0n) is 12.2. The molecule has 2 N–H and O–H groups in total. The van der Waals surface area contributed by atoms with Gasteiger partial charge in [0.15, 0.2) is 0 Å². The average molecular weight is 277 g/mol. The fraction of sp³-hybridized carbons (Fsp3) is 0.625. The summed E-state index contributed by atoms with van der Waals surface area (Å²) >= 11 is 0. The van der Waals surface area contributed by atoms with Crippen LogP contribution in [0.15, 0.2) is 18.2 Å². The Morgan fingerprint density at radius 2 is 2.15 bits per heavy atom. The highest BCUT2D eigenvalue weighted by Gasteiger charge is 2.32. The van der Waals surface area contributed by atoms with Crippen molar-refractivity contribution in [3.8, 4) is 0 Å². The fourth-order valence-corrected chi connectivity index (χ4v) is 3.56. The number of anilines is 1. The zero-order chi connectivity index (χ0) is 14.1. The van der Waals surface area contributed by atoms with Gasteiger partial charge in [0.2, 0.25) is 0 Å². The summed E-state index contributed by atoms with van der Waals surface area (Å²) in [5.74, 6) is -0.196. The number of piperazine rings is 1. The van der Waals surface area contributed by atoms with Crippen molar-refractivity contribution in [2.75, 3.05) is 25.4 Å². The quantitative estimate of drug-likeness (QED) is 0.843. The maximum absolute atomic E-state index is 13.4. The molecule has 1 aromatic carbocycles. The molecule has 3 nitrogen and oxygen atoms in total. The lowest BCUT2D eigenvalue weighted by Crippen LogP contribution is -2.58. The number of rotatable bonds is 2. The molecule has 2 heterocycles. The van der Waals surface area contributed by atoms with Crippen LogP contribution in [0.1, 0.15) is 31.7 Å². The first-order valence-corrected chi connectivity index (χ1v) is 7.65. The van der Waals surface area contributed by atoms with Crippen LogP contribution in [0.25, 0.3) is 0 Å². The number of fused-ring (bicyclic) bond motifs is 1. The summed E-state index contributed by atoms with van der Waals surface area (Å²) in [4.78, 5) is 5.08. The van der Waals surface area contributed by atoms with E-state index in [-0.39, 0.29) is 5.82 Å². The maximum Gasteiger partial charge on any atom is 0.123 e. The highest BCUT2D eigenvalue weighted by Crippen LogP contribution is 2.26. The van der Waals surface area contributed by atoms with Crippen molar-refractivity contribution in [1.82, 2.24) is 9.80 Å². The number of nitrogens with zero attached hydrogens (tertiary/aromatic N) is 2. The first-order chi connectivity index (χ1) is 9.63. The minimum atomic E-state index is -0.196. The first-order valence-electron chi connectivity index (χ1n) is 7.65. The Hall–Kier alpha value is -1.13. The first kappa shape index (κ1) is 13.8. The number of hydrogen-bond donors (Lipinski definition) is 1. The Labute approximate surface area is 120 Å². The van der Waals surface area contributed by atoms with Gasteiger partial charge in [-0.15, -0.1) is 0 Å². The third-order valence-corrected chi connectivity index (χ3v) is 4.79. The molecular weight excluding hydrogens is 253 g/mol. The molecule has 2 saturated heterocycles. The number of nitrogen functional groups attached to an aromatic ring is 1. The fourth-order valence-electron chi connectivity index (χ4n) is 3.56. The van der Waals surface area contributed by atoms with E-state index in [1.807, 2.05) is 0 Å². The maximum atomic E-state index is 13.4. The second-order valence-corrected chi connectivity index (χ2v) is 6.27. The van der Waals surface area contributed by atoms with E-state index in [0.29, 0.717) is 17.8 Å². The molecule has 0 amide bonds. The second kappa shape index (κ2) is 5.70. The minimum absolute atomic E-state index is 0.196. The molecule has 0 radical (unpaired) electrons. The molecule has 0 aliphatic carbocycles. The molecule has 0 aromatic heterocycles. The lowest BCUT2D eigenvalue weighted by molar-refractivity contribution is 0.0111. The van der Waals surface area contributed by atoms with Gasteiger partial charge in [0.1, 0.15) is 5.82 Å². The molecule has 0 bridgehead atoms. The Morgan fingerprint density at radius 3 is 3.00 bits per heavy atom. The zero-order valence-corrected chi connectivity index (χ0v) is 12.2. The van der Waals surface area contributed by atoms with Gasteiger partial charge in [-0.1, -0.05) is 6.42 Å². The van der Waals surface area contributed by atoms with Gasteiger partial charge < -0.3 is 5.73 Å². The van der Waals surface area contributed by atoms with Crippen molar-refractivity contribution in [3.63, 3.8) is 0 Å². The van der Waals surface area contributed by atoms with Gasteiger partial charge in [-0.05, 0) is 50.1 Å². The molecule has 110 valence electrons. The van der Waals surface area contributed by atoms with E-state index in [1.165, 1.54) is 31.9 Å². The number of benzene rings is 1. The van der Waals surface area contributed by atoms with Gasteiger partial charge in [0.05, 0.1) is 0 Å². The van der Waals surface area contributed by atoms with Crippen molar-refractivity contribution in [2.45, 2.75) is 44.8 Å². The van der Waals surface area contributed by atoms with Crippen molar-refractivity contribution >= 4 is 5.69 Å². The Balaban J connectivity index is 1.71. The molecule has 2 unspecified atom stereocenters. The van der Waals surface area contributed by atoms with Crippen LogP contribution in [0.5, 0.6) is 0 Å². The van der Waals surface area contributed by atoms with Gasteiger partial charge in [0.25, 0.3) is 0 Å². The van der Waals surface area contributed by atoms with Crippen LogP contribution in [-0.4, -0.2) is 41.5 Å². The van der Waals surface area contributed by atoms with Crippen LogP contribution in [-0.2, 0) is 6.54 Å². The van der Waals surface area contributed by atoms with Crippen LogP contribution in [0.3, 0.4) is 0 Å². The normalized spacial score (nSPS) is 28.3. The van der Waals surface area contributed by atoms with E-state index in [0.717, 1.165) is 25.2 Å². The van der Waals surface area contributed by atoms with Crippen LogP contribution in [0.4, 0.5) is 10.1 Å². The molecule has 0 spiro atoms. The Bertz CT molecular complexity index is 477. The lowest BCUT2D eigenvalue weighted by Gasteiger charge is -2.47. The van der Waals surface area contributed by atoms with Crippen LogP contribution in [0.2, 0.25) is 0 Å². The van der Waals surface area contributed by atoms with Gasteiger partial charge in [-0.25, -0.2) is 4.39 Å². The average Bonchev–Trinajstić information content (AvgIpc) is 2.43. The standard InChI is InChI=1S/C16H24FN3/c1-12-9-19-7-3-2-4-15(19)11-20(12)10-13-8-14(17)5-6-16(13)18/h5-6,8,12,15H,2-4,7,9-11,18H2,1H3. The lowest BCUT2D eigenvalue weighted by atomic mass is 9.96. The Kier molecular flexibility index (Phi) is 3.94. The summed E-state index contributed by atoms with van der Waals surface area (Å²) in [7, 11) is 0. The van der Waals surface area contributed by atoms with Gasteiger partial charge in [-0.2, -0.15) is 0 Å². The van der Waals surface area contributed by atoms with Crippen LogP contribution < -0.4 is 5.73 Å². The van der Waals surface area contributed by atoms with E-state index >= 15 is 0 Å². The molecule has 20 heavy (non-hydrogen) atoms. The van der Waals surface area contributed by atoms with E-state index < -0.39 is 0 Å². The predicted octanol–water partition coefficient (Wildman–Crippen LogP) is 2.47. The van der Waals surface area contributed by atoms with E-state index in [9.17, 15) is 4.39 Å². The third kappa shape index (κ3) is 2.81. The van der Waals surface area contributed by atoms with Gasteiger partial charge >= 0.3 is 0 Å². The summed E-state index contributed by atoms with van der Waals surface area (Å²) in [6, 6.07) is 5.87. The molecule has 2 aliphatic rings. The smallest absolute Gasteiger partial charge is 0.123 e. The Morgan fingerprint density at radius 1 is 1.30 bits per heavy atom. The van der Waals surface area contributed by atoms with Crippen LogP contribution >= 0.6 is 0 Å². The highest BCUT2D eigenvalue weighted by molar-refractivity contribution is 5.46. The number of nitrogens with two attached hydrogens (primary N) is 1. The summed E-state index contributed by atoms with van der Waals surface area (Å²) < 4.78 is 13.4. The topological polar surface area (TPSA) is 32.5 Å². The monoisotopic (exact) mass is 277 g/mol. The molecule has 0 saturated carbocycles. The van der Waals surface area contributed by atoms with Gasteiger partial charge in [-0.3, -0.25) is 9.80 Å². The van der Waals surface area contributed by atoms with Crippen molar-refractivity contribution < 1.29 is 4.39 Å². The SMILES string of the molecule is CC1CN2CCCCC2CN1Cc1cc(F)ccc1N. The third-order valence-electron chi connectivity index (χ3n) is 4.79. The summed E-state index contributed by atoms with van der Waals surface area (Å²) in [5, 5.41) is 0. The molecular formula is C16H24FN3. The molecule has 1 aromatic rings. The van der Waals surface area contributed by atoms with E-state index in [4.69, 9.17) is 5.73 Å².